The lowest BCUT2D eigenvalue weighted by Crippen LogP contribution is -2.43. The molecule has 0 spiro atoms. The highest BCUT2D eigenvalue weighted by Gasteiger charge is 2.41. The number of benzene rings is 2. The fourth-order valence-corrected chi connectivity index (χ4v) is 6.28. The molecule has 2 aromatic carbocycles. The van der Waals surface area contributed by atoms with Crippen LogP contribution in [0.2, 0.25) is 0 Å². The van der Waals surface area contributed by atoms with E-state index in [2.05, 4.69) is 58.1 Å². The SMILES string of the molecule is COc1ccccc1C1SCC(=O)N(CC(=O)NC2CC2)c2c1c(C(C)(C)C)nn2-c1ccc(C)cc1C. The van der Waals surface area contributed by atoms with E-state index in [-0.39, 0.29) is 40.8 Å². The molecule has 1 aromatic heterocycles. The fraction of sp³-hybridized carbons (Fsp3) is 0.433. The van der Waals surface area contributed by atoms with Crippen LogP contribution in [0.3, 0.4) is 0 Å². The van der Waals surface area contributed by atoms with Crippen molar-refractivity contribution in [2.75, 3.05) is 24.3 Å². The lowest BCUT2D eigenvalue weighted by Gasteiger charge is -2.25. The maximum atomic E-state index is 13.8. The molecule has 1 unspecified atom stereocenters. The van der Waals surface area contributed by atoms with Crippen molar-refractivity contribution in [3.05, 3.63) is 70.4 Å². The molecule has 38 heavy (non-hydrogen) atoms. The number of fused-ring (bicyclic) bond motifs is 1. The zero-order valence-electron chi connectivity index (χ0n) is 23.0. The molecule has 1 aliphatic carbocycles. The average Bonchev–Trinajstić information content (AvgIpc) is 3.61. The van der Waals surface area contributed by atoms with Crippen LogP contribution >= 0.6 is 11.8 Å². The first-order chi connectivity index (χ1) is 18.1. The predicted molar refractivity (Wildman–Crippen MR) is 153 cm³/mol. The number of para-hydroxylation sites is 1. The first kappa shape index (κ1) is 26.4. The Balaban J connectivity index is 1.79. The van der Waals surface area contributed by atoms with Crippen molar-refractivity contribution in [2.45, 2.75) is 64.2 Å². The van der Waals surface area contributed by atoms with Crippen LogP contribution in [0.4, 0.5) is 5.82 Å². The topological polar surface area (TPSA) is 76.5 Å². The van der Waals surface area contributed by atoms with E-state index in [0.717, 1.165) is 52.2 Å². The van der Waals surface area contributed by atoms with E-state index in [1.165, 1.54) is 0 Å². The average molecular weight is 533 g/mol. The molecule has 3 aromatic rings. The summed E-state index contributed by atoms with van der Waals surface area (Å²) < 4.78 is 7.66. The number of amides is 2. The van der Waals surface area contributed by atoms with E-state index in [1.54, 1.807) is 23.8 Å². The number of anilines is 1. The Morgan fingerprint density at radius 3 is 2.55 bits per heavy atom. The van der Waals surface area contributed by atoms with E-state index in [1.807, 2.05) is 28.9 Å². The summed E-state index contributed by atoms with van der Waals surface area (Å²) in [4.78, 5) is 28.5. The van der Waals surface area contributed by atoms with Crippen molar-refractivity contribution < 1.29 is 14.3 Å². The van der Waals surface area contributed by atoms with Gasteiger partial charge < -0.3 is 10.1 Å². The molecule has 0 saturated heterocycles. The second kappa shape index (κ2) is 10.1. The minimum absolute atomic E-state index is 0.0400. The van der Waals surface area contributed by atoms with Crippen LogP contribution in [0.1, 0.15) is 66.8 Å². The van der Waals surface area contributed by atoms with Crippen molar-refractivity contribution in [1.82, 2.24) is 15.1 Å². The number of hydrogen-bond donors (Lipinski definition) is 1. The van der Waals surface area contributed by atoms with Gasteiger partial charge in [0.05, 0.1) is 29.5 Å². The molecular formula is C30H36N4O3S. The van der Waals surface area contributed by atoms with Crippen molar-refractivity contribution in [3.8, 4) is 11.4 Å². The molecule has 1 fully saturated rings. The van der Waals surface area contributed by atoms with Gasteiger partial charge in [-0.05, 0) is 44.4 Å². The van der Waals surface area contributed by atoms with Crippen molar-refractivity contribution in [1.29, 1.82) is 0 Å². The molecule has 1 saturated carbocycles. The van der Waals surface area contributed by atoms with E-state index < -0.39 is 0 Å². The maximum absolute atomic E-state index is 13.8. The Bertz CT molecular complexity index is 1390. The van der Waals surface area contributed by atoms with Gasteiger partial charge in [-0.3, -0.25) is 14.5 Å². The second-order valence-corrected chi connectivity index (χ2v) is 12.4. The molecule has 2 amide bonds. The number of nitrogens with one attached hydrogen (secondary N) is 1. The number of carbonyl (C=O) groups excluding carboxylic acids is 2. The Morgan fingerprint density at radius 2 is 1.89 bits per heavy atom. The number of aromatic nitrogens is 2. The number of carbonyl (C=O) groups is 2. The summed E-state index contributed by atoms with van der Waals surface area (Å²) in [5.41, 5.74) is 5.63. The molecule has 1 N–H and O–H groups in total. The summed E-state index contributed by atoms with van der Waals surface area (Å²) in [6, 6.07) is 14.4. The molecule has 2 aliphatic rings. The maximum Gasteiger partial charge on any atom is 0.240 e. The lowest BCUT2D eigenvalue weighted by atomic mass is 9.87. The van der Waals surface area contributed by atoms with Crippen molar-refractivity contribution in [3.63, 3.8) is 0 Å². The van der Waals surface area contributed by atoms with Gasteiger partial charge in [0.2, 0.25) is 11.8 Å². The highest BCUT2D eigenvalue weighted by atomic mass is 32.2. The number of nitrogens with zero attached hydrogens (tertiary/aromatic N) is 3. The van der Waals surface area contributed by atoms with E-state index in [4.69, 9.17) is 9.84 Å². The second-order valence-electron chi connectivity index (χ2n) is 11.3. The molecule has 5 rings (SSSR count). The number of aryl methyl sites for hydroxylation is 2. The van der Waals surface area contributed by atoms with Crippen LogP contribution in [-0.4, -0.2) is 47.0 Å². The molecule has 8 heteroatoms. The van der Waals surface area contributed by atoms with Gasteiger partial charge in [-0.1, -0.05) is 56.7 Å². The molecule has 200 valence electrons. The molecule has 1 aliphatic heterocycles. The van der Waals surface area contributed by atoms with Crippen LogP contribution in [-0.2, 0) is 15.0 Å². The normalized spacial score (nSPS) is 17.7. The van der Waals surface area contributed by atoms with Gasteiger partial charge in [0.1, 0.15) is 18.1 Å². The van der Waals surface area contributed by atoms with Gasteiger partial charge in [0, 0.05) is 22.6 Å². The zero-order chi connectivity index (χ0) is 27.2. The van der Waals surface area contributed by atoms with Crippen LogP contribution < -0.4 is 15.0 Å². The summed E-state index contributed by atoms with van der Waals surface area (Å²) in [6.45, 7) is 10.5. The minimum atomic E-state index is -0.315. The van der Waals surface area contributed by atoms with Gasteiger partial charge in [-0.15, -0.1) is 11.8 Å². The Kier molecular flexibility index (Phi) is 7.03. The first-order valence-electron chi connectivity index (χ1n) is 13.1. The number of thioether (sulfide) groups is 1. The number of methoxy groups -OCH3 is 1. The zero-order valence-corrected chi connectivity index (χ0v) is 23.8. The Morgan fingerprint density at radius 1 is 1.16 bits per heavy atom. The third-order valence-electron chi connectivity index (χ3n) is 7.05. The largest absolute Gasteiger partial charge is 0.496 e. The summed E-state index contributed by atoms with van der Waals surface area (Å²) in [6.07, 6.45) is 1.98. The molecule has 0 radical (unpaired) electrons. The number of ether oxygens (including phenoxy) is 1. The summed E-state index contributed by atoms with van der Waals surface area (Å²) in [7, 11) is 1.67. The first-order valence-corrected chi connectivity index (χ1v) is 14.2. The van der Waals surface area contributed by atoms with Crippen molar-refractivity contribution in [2.24, 2.45) is 0 Å². The number of hydrogen-bond acceptors (Lipinski definition) is 5. The predicted octanol–water partition coefficient (Wildman–Crippen LogP) is 5.24. The Hall–Kier alpha value is -3.26. The third kappa shape index (κ3) is 5.06. The van der Waals surface area contributed by atoms with Crippen molar-refractivity contribution >= 4 is 29.4 Å². The molecule has 7 nitrogen and oxygen atoms in total. The highest BCUT2D eigenvalue weighted by molar-refractivity contribution is 8.00. The van der Waals surface area contributed by atoms with Crippen LogP contribution in [0, 0.1) is 13.8 Å². The summed E-state index contributed by atoms with van der Waals surface area (Å²) in [5, 5.41) is 8.06. The van der Waals surface area contributed by atoms with E-state index in [9.17, 15) is 9.59 Å². The highest BCUT2D eigenvalue weighted by Crippen LogP contribution is 2.50. The minimum Gasteiger partial charge on any atom is -0.496 e. The molecular weight excluding hydrogens is 496 g/mol. The van der Waals surface area contributed by atoms with Gasteiger partial charge in [-0.25, -0.2) is 4.68 Å². The molecule has 0 bridgehead atoms. The van der Waals surface area contributed by atoms with E-state index in [0.29, 0.717) is 5.82 Å². The van der Waals surface area contributed by atoms with Crippen LogP contribution in [0.25, 0.3) is 5.69 Å². The van der Waals surface area contributed by atoms with Crippen LogP contribution in [0.15, 0.2) is 42.5 Å². The lowest BCUT2D eigenvalue weighted by molar-refractivity contribution is -0.123. The van der Waals surface area contributed by atoms with E-state index >= 15 is 0 Å². The smallest absolute Gasteiger partial charge is 0.240 e. The van der Waals surface area contributed by atoms with Crippen LogP contribution in [0.5, 0.6) is 5.75 Å². The quantitative estimate of drug-likeness (QED) is 0.470. The summed E-state index contributed by atoms with van der Waals surface area (Å²) >= 11 is 1.56. The number of rotatable bonds is 6. The monoisotopic (exact) mass is 532 g/mol. The van der Waals surface area contributed by atoms with Gasteiger partial charge in [0.15, 0.2) is 0 Å². The third-order valence-corrected chi connectivity index (χ3v) is 8.28. The molecule has 2 heterocycles. The molecule has 1 atom stereocenters. The standard InChI is InChI=1S/C30H36N4O3S/c1-18-11-14-22(19(2)15-18)34-29-26(28(32-34)30(3,4)5)27(21-9-7-8-10-23(21)37-6)38-17-25(36)33(29)16-24(35)31-20-12-13-20/h7-11,14-15,20,27H,12-13,16-17H2,1-6H3,(H,31,35). The van der Waals surface area contributed by atoms with Gasteiger partial charge in [0.25, 0.3) is 0 Å². The van der Waals surface area contributed by atoms with Gasteiger partial charge >= 0.3 is 0 Å². The fourth-order valence-electron chi connectivity index (χ4n) is 5.06. The van der Waals surface area contributed by atoms with Gasteiger partial charge in [-0.2, -0.15) is 5.10 Å². The summed E-state index contributed by atoms with van der Waals surface area (Å²) in [5.74, 6) is 1.43. The Labute approximate surface area is 228 Å².